The summed E-state index contributed by atoms with van der Waals surface area (Å²) in [6, 6.07) is 18.5. The largest absolute Gasteiger partial charge is 0.497 e. The SMILES string of the molecule is COc1ccc(N=Cc2cc(=O)c(OCc3ccccc3)c[nH]2)cc1. The van der Waals surface area contributed by atoms with Crippen LogP contribution >= 0.6 is 0 Å². The van der Waals surface area contributed by atoms with Gasteiger partial charge in [0.2, 0.25) is 5.43 Å². The van der Waals surface area contributed by atoms with Crippen LogP contribution in [0, 0.1) is 0 Å². The second kappa shape index (κ2) is 7.97. The number of nitrogens with zero attached hydrogens (tertiary/aromatic N) is 1. The van der Waals surface area contributed by atoms with Crippen molar-refractivity contribution in [2.75, 3.05) is 7.11 Å². The van der Waals surface area contributed by atoms with E-state index >= 15 is 0 Å². The Kier molecular flexibility index (Phi) is 5.26. The van der Waals surface area contributed by atoms with E-state index in [-0.39, 0.29) is 11.2 Å². The van der Waals surface area contributed by atoms with Crippen LogP contribution in [0.3, 0.4) is 0 Å². The van der Waals surface area contributed by atoms with E-state index in [1.54, 1.807) is 19.5 Å². The second-order valence-corrected chi connectivity index (χ2v) is 5.35. The standard InChI is InChI=1S/C20H18N2O3/c1-24-18-9-7-16(8-10-18)21-12-17-11-19(23)20(13-22-17)25-14-15-5-3-2-4-6-15/h2-13H,14H2,1H3,(H,22,23). The van der Waals surface area contributed by atoms with Gasteiger partial charge in [-0.25, -0.2) is 0 Å². The first-order chi connectivity index (χ1) is 12.2. The fourth-order valence-corrected chi connectivity index (χ4v) is 2.21. The van der Waals surface area contributed by atoms with Gasteiger partial charge in [-0.3, -0.25) is 9.79 Å². The number of aromatic amines is 1. The molecule has 0 aliphatic carbocycles. The molecule has 0 saturated heterocycles. The van der Waals surface area contributed by atoms with E-state index in [9.17, 15) is 4.79 Å². The molecule has 0 aliphatic rings. The molecule has 126 valence electrons. The van der Waals surface area contributed by atoms with Crippen molar-refractivity contribution < 1.29 is 9.47 Å². The molecule has 0 amide bonds. The average Bonchev–Trinajstić information content (AvgIpc) is 2.67. The molecule has 5 heteroatoms. The number of H-pyrrole nitrogens is 1. The highest BCUT2D eigenvalue weighted by Crippen LogP contribution is 2.17. The van der Waals surface area contributed by atoms with Crippen molar-refractivity contribution >= 4 is 11.9 Å². The summed E-state index contributed by atoms with van der Waals surface area (Å²) in [4.78, 5) is 19.5. The van der Waals surface area contributed by atoms with Crippen molar-refractivity contribution in [2.24, 2.45) is 4.99 Å². The highest BCUT2D eigenvalue weighted by molar-refractivity contribution is 5.79. The summed E-state index contributed by atoms with van der Waals surface area (Å²) < 4.78 is 10.7. The van der Waals surface area contributed by atoms with Gasteiger partial charge in [-0.1, -0.05) is 30.3 Å². The third-order valence-electron chi connectivity index (χ3n) is 3.56. The summed E-state index contributed by atoms with van der Waals surface area (Å²) in [5.74, 6) is 1.05. The minimum Gasteiger partial charge on any atom is -0.497 e. The van der Waals surface area contributed by atoms with Gasteiger partial charge < -0.3 is 14.5 Å². The molecule has 0 fully saturated rings. The molecule has 1 aromatic heterocycles. The van der Waals surface area contributed by atoms with Gasteiger partial charge in [-0.15, -0.1) is 0 Å². The summed E-state index contributed by atoms with van der Waals surface area (Å²) in [6.45, 7) is 0.350. The molecule has 3 aromatic rings. The minimum absolute atomic E-state index is 0.189. The predicted molar refractivity (Wildman–Crippen MR) is 98.1 cm³/mol. The molecule has 2 aromatic carbocycles. The first kappa shape index (κ1) is 16.5. The number of hydrogen-bond donors (Lipinski definition) is 1. The van der Waals surface area contributed by atoms with Crippen LogP contribution in [0.15, 0.2) is 76.6 Å². The topological polar surface area (TPSA) is 63.7 Å². The maximum Gasteiger partial charge on any atom is 0.224 e. The van der Waals surface area contributed by atoms with Crippen molar-refractivity contribution in [3.05, 3.63) is 88.3 Å². The number of hydrogen-bond acceptors (Lipinski definition) is 4. The first-order valence-corrected chi connectivity index (χ1v) is 7.82. The van der Waals surface area contributed by atoms with E-state index in [2.05, 4.69) is 9.98 Å². The van der Waals surface area contributed by atoms with E-state index in [0.29, 0.717) is 12.3 Å². The summed E-state index contributed by atoms with van der Waals surface area (Å²) in [5, 5.41) is 0. The Bertz CT molecular complexity index is 900. The zero-order valence-corrected chi connectivity index (χ0v) is 13.8. The average molecular weight is 334 g/mol. The van der Waals surface area contributed by atoms with Gasteiger partial charge in [0.25, 0.3) is 0 Å². The Balaban J connectivity index is 1.66. The fraction of sp³-hybridized carbons (Fsp3) is 0.100. The quantitative estimate of drug-likeness (QED) is 0.699. The van der Waals surface area contributed by atoms with Crippen LogP contribution in [0.2, 0.25) is 0 Å². The van der Waals surface area contributed by atoms with Gasteiger partial charge in [-0.05, 0) is 29.8 Å². The summed E-state index contributed by atoms with van der Waals surface area (Å²) >= 11 is 0. The van der Waals surface area contributed by atoms with E-state index < -0.39 is 0 Å². The van der Waals surface area contributed by atoms with Crippen LogP contribution < -0.4 is 14.9 Å². The number of benzene rings is 2. The number of ether oxygens (including phenoxy) is 2. The Morgan fingerprint density at radius 2 is 1.84 bits per heavy atom. The van der Waals surface area contributed by atoms with Crippen LogP contribution in [-0.2, 0) is 6.61 Å². The zero-order chi connectivity index (χ0) is 17.5. The van der Waals surface area contributed by atoms with Crippen molar-refractivity contribution in [1.82, 2.24) is 4.98 Å². The van der Waals surface area contributed by atoms with Gasteiger partial charge in [0.1, 0.15) is 12.4 Å². The lowest BCUT2D eigenvalue weighted by Gasteiger charge is -2.05. The van der Waals surface area contributed by atoms with Gasteiger partial charge >= 0.3 is 0 Å². The van der Waals surface area contributed by atoms with Crippen molar-refractivity contribution in [2.45, 2.75) is 6.61 Å². The zero-order valence-electron chi connectivity index (χ0n) is 13.8. The Morgan fingerprint density at radius 1 is 1.08 bits per heavy atom. The summed E-state index contributed by atoms with van der Waals surface area (Å²) in [5.41, 5.74) is 2.19. The van der Waals surface area contributed by atoms with Gasteiger partial charge in [-0.2, -0.15) is 0 Å². The predicted octanol–water partition coefficient (Wildman–Crippen LogP) is 3.71. The Morgan fingerprint density at radius 3 is 2.52 bits per heavy atom. The van der Waals surface area contributed by atoms with Gasteiger partial charge in [0, 0.05) is 12.3 Å². The fourth-order valence-electron chi connectivity index (χ4n) is 2.21. The summed E-state index contributed by atoms with van der Waals surface area (Å²) in [7, 11) is 1.62. The first-order valence-electron chi connectivity index (χ1n) is 7.82. The lowest BCUT2D eigenvalue weighted by atomic mass is 10.2. The summed E-state index contributed by atoms with van der Waals surface area (Å²) in [6.07, 6.45) is 3.16. The number of aliphatic imine (C=N–C) groups is 1. The molecule has 0 unspecified atom stereocenters. The minimum atomic E-state index is -0.189. The van der Waals surface area contributed by atoms with Crippen molar-refractivity contribution in [1.29, 1.82) is 0 Å². The normalized spacial score (nSPS) is 10.8. The maximum atomic E-state index is 12.1. The van der Waals surface area contributed by atoms with E-state index in [1.165, 1.54) is 6.07 Å². The third kappa shape index (κ3) is 4.57. The van der Waals surface area contributed by atoms with Crippen molar-refractivity contribution in [3.8, 4) is 11.5 Å². The van der Waals surface area contributed by atoms with Crippen LogP contribution in [0.4, 0.5) is 5.69 Å². The molecule has 0 bridgehead atoms. The smallest absolute Gasteiger partial charge is 0.224 e. The molecular weight excluding hydrogens is 316 g/mol. The maximum absolute atomic E-state index is 12.1. The van der Waals surface area contributed by atoms with E-state index in [0.717, 1.165) is 17.0 Å². The molecule has 1 N–H and O–H groups in total. The van der Waals surface area contributed by atoms with Crippen LogP contribution in [0.25, 0.3) is 0 Å². The number of rotatable bonds is 6. The molecule has 5 nitrogen and oxygen atoms in total. The molecule has 3 rings (SSSR count). The van der Waals surface area contributed by atoms with Gasteiger partial charge in [0.15, 0.2) is 5.75 Å². The van der Waals surface area contributed by atoms with E-state index in [4.69, 9.17) is 9.47 Å². The molecule has 0 saturated carbocycles. The molecule has 25 heavy (non-hydrogen) atoms. The van der Waals surface area contributed by atoms with Crippen LogP contribution in [0.1, 0.15) is 11.3 Å². The number of aromatic nitrogens is 1. The van der Waals surface area contributed by atoms with Crippen molar-refractivity contribution in [3.63, 3.8) is 0 Å². The lowest BCUT2D eigenvalue weighted by Crippen LogP contribution is -2.09. The highest BCUT2D eigenvalue weighted by Gasteiger charge is 2.02. The number of pyridine rings is 1. The number of nitrogens with one attached hydrogen (secondary N) is 1. The molecule has 0 spiro atoms. The molecule has 1 heterocycles. The Labute approximate surface area is 145 Å². The highest BCUT2D eigenvalue weighted by atomic mass is 16.5. The van der Waals surface area contributed by atoms with Gasteiger partial charge in [0.05, 0.1) is 24.7 Å². The molecule has 0 aliphatic heterocycles. The van der Waals surface area contributed by atoms with Crippen LogP contribution in [-0.4, -0.2) is 18.3 Å². The lowest BCUT2D eigenvalue weighted by molar-refractivity contribution is 0.302. The monoisotopic (exact) mass is 334 g/mol. The molecule has 0 atom stereocenters. The second-order valence-electron chi connectivity index (χ2n) is 5.35. The molecule has 0 radical (unpaired) electrons. The Hall–Kier alpha value is -3.34. The number of methoxy groups -OCH3 is 1. The third-order valence-corrected chi connectivity index (χ3v) is 3.56. The van der Waals surface area contributed by atoms with Crippen LogP contribution in [0.5, 0.6) is 11.5 Å². The molecular formula is C20H18N2O3. The van der Waals surface area contributed by atoms with E-state index in [1.807, 2.05) is 54.6 Å².